The van der Waals surface area contributed by atoms with E-state index >= 15 is 0 Å². The minimum Gasteiger partial charge on any atom is -0.336 e. The van der Waals surface area contributed by atoms with E-state index in [0.29, 0.717) is 29.8 Å². The van der Waals surface area contributed by atoms with Gasteiger partial charge in [-0.1, -0.05) is 64.2 Å². The molecule has 0 radical (unpaired) electrons. The van der Waals surface area contributed by atoms with Crippen molar-refractivity contribution in [3.05, 3.63) is 0 Å². The Labute approximate surface area is 137 Å². The molecule has 0 spiro atoms. The Bertz CT molecular complexity index is 359. The molecule has 2 aliphatic carbocycles. The lowest BCUT2D eigenvalue weighted by atomic mass is 9.84. The third-order valence-corrected chi connectivity index (χ3v) is 6.67. The molecular weight excluding hydrogens is 270 g/mol. The molecule has 0 N–H and O–H groups in total. The SMILES string of the molecule is CC1C2CCCCCCCC2C(=O)N1C1CCCCCCC1. The number of hydrogen-bond donors (Lipinski definition) is 0. The normalized spacial score (nSPS) is 36.0. The van der Waals surface area contributed by atoms with Gasteiger partial charge in [0.05, 0.1) is 0 Å². The van der Waals surface area contributed by atoms with Crippen molar-refractivity contribution in [2.45, 2.75) is 109 Å². The summed E-state index contributed by atoms with van der Waals surface area (Å²) in [5, 5.41) is 0. The smallest absolute Gasteiger partial charge is 0.226 e. The second kappa shape index (κ2) is 7.84. The zero-order chi connectivity index (χ0) is 15.4. The number of hydrogen-bond acceptors (Lipinski definition) is 1. The van der Waals surface area contributed by atoms with Gasteiger partial charge < -0.3 is 4.90 Å². The third-order valence-electron chi connectivity index (χ3n) is 6.67. The van der Waals surface area contributed by atoms with E-state index in [4.69, 9.17) is 0 Å². The lowest BCUT2D eigenvalue weighted by molar-refractivity contribution is -0.134. The largest absolute Gasteiger partial charge is 0.336 e. The van der Waals surface area contributed by atoms with Crippen LogP contribution < -0.4 is 0 Å². The van der Waals surface area contributed by atoms with Gasteiger partial charge in [-0.2, -0.15) is 0 Å². The fraction of sp³-hybridized carbons (Fsp3) is 0.950. The summed E-state index contributed by atoms with van der Waals surface area (Å²) in [6.45, 7) is 2.36. The molecule has 1 heterocycles. The first-order chi connectivity index (χ1) is 10.8. The molecule has 126 valence electrons. The molecule has 0 bridgehead atoms. The highest BCUT2D eigenvalue weighted by atomic mass is 16.2. The molecule has 0 aromatic carbocycles. The van der Waals surface area contributed by atoms with Crippen LogP contribution in [0.15, 0.2) is 0 Å². The van der Waals surface area contributed by atoms with Crippen LogP contribution >= 0.6 is 0 Å². The van der Waals surface area contributed by atoms with E-state index in [1.165, 1.54) is 83.5 Å². The van der Waals surface area contributed by atoms with E-state index in [1.54, 1.807) is 0 Å². The molecule has 2 heteroatoms. The quantitative estimate of drug-likeness (QED) is 0.643. The van der Waals surface area contributed by atoms with Crippen LogP contribution in [-0.2, 0) is 4.79 Å². The number of nitrogens with zero attached hydrogens (tertiary/aromatic N) is 1. The van der Waals surface area contributed by atoms with E-state index in [1.807, 2.05) is 0 Å². The first kappa shape index (κ1) is 16.3. The Morgan fingerprint density at radius 3 is 1.86 bits per heavy atom. The number of amides is 1. The molecule has 0 aromatic rings. The van der Waals surface area contributed by atoms with Gasteiger partial charge in [0.1, 0.15) is 0 Å². The maximum Gasteiger partial charge on any atom is 0.226 e. The number of carbonyl (C=O) groups excluding carboxylic acids is 1. The number of carbonyl (C=O) groups is 1. The topological polar surface area (TPSA) is 20.3 Å². The molecule has 1 saturated heterocycles. The van der Waals surface area contributed by atoms with Crippen molar-refractivity contribution in [2.24, 2.45) is 11.8 Å². The van der Waals surface area contributed by atoms with E-state index in [9.17, 15) is 4.79 Å². The molecule has 3 rings (SSSR count). The second-order valence-corrected chi connectivity index (χ2v) is 8.10. The van der Waals surface area contributed by atoms with Crippen molar-refractivity contribution < 1.29 is 4.79 Å². The van der Waals surface area contributed by atoms with Crippen LogP contribution in [0.1, 0.15) is 96.8 Å². The van der Waals surface area contributed by atoms with Crippen LogP contribution in [0.2, 0.25) is 0 Å². The third kappa shape index (κ3) is 3.51. The van der Waals surface area contributed by atoms with E-state index < -0.39 is 0 Å². The van der Waals surface area contributed by atoms with Crippen LogP contribution in [0, 0.1) is 11.8 Å². The van der Waals surface area contributed by atoms with Gasteiger partial charge in [0.15, 0.2) is 0 Å². The van der Waals surface area contributed by atoms with Crippen molar-refractivity contribution in [2.75, 3.05) is 0 Å². The Kier molecular flexibility index (Phi) is 5.82. The van der Waals surface area contributed by atoms with Crippen molar-refractivity contribution >= 4 is 5.91 Å². The monoisotopic (exact) mass is 305 g/mol. The molecule has 1 amide bonds. The molecule has 2 nitrogen and oxygen atoms in total. The highest BCUT2D eigenvalue weighted by Crippen LogP contribution is 2.41. The fourth-order valence-corrected chi connectivity index (χ4v) is 5.40. The molecule has 0 aromatic heterocycles. The minimum atomic E-state index is 0.360. The Morgan fingerprint density at radius 2 is 1.23 bits per heavy atom. The zero-order valence-corrected chi connectivity index (χ0v) is 14.6. The molecule has 2 saturated carbocycles. The average molecular weight is 306 g/mol. The van der Waals surface area contributed by atoms with E-state index in [2.05, 4.69) is 11.8 Å². The van der Waals surface area contributed by atoms with E-state index in [0.717, 1.165) is 6.42 Å². The summed E-state index contributed by atoms with van der Waals surface area (Å²) in [6, 6.07) is 1.05. The molecule has 3 fully saturated rings. The zero-order valence-electron chi connectivity index (χ0n) is 14.6. The Morgan fingerprint density at radius 1 is 0.727 bits per heavy atom. The standard InChI is InChI=1S/C20H35NO/c1-16-18-14-10-6-3-7-11-15-19(18)20(22)21(16)17-12-8-4-2-5-9-13-17/h16-19H,2-15H2,1H3. The first-order valence-electron chi connectivity index (χ1n) is 10.1. The molecule has 22 heavy (non-hydrogen) atoms. The van der Waals surface area contributed by atoms with Gasteiger partial charge in [-0.25, -0.2) is 0 Å². The summed E-state index contributed by atoms with van der Waals surface area (Å²) in [5.74, 6) is 1.54. The lowest BCUT2D eigenvalue weighted by Gasteiger charge is -2.34. The van der Waals surface area contributed by atoms with Gasteiger partial charge in [-0.05, 0) is 38.5 Å². The maximum atomic E-state index is 13.2. The van der Waals surface area contributed by atoms with Crippen LogP contribution in [0.3, 0.4) is 0 Å². The fourth-order valence-electron chi connectivity index (χ4n) is 5.40. The lowest BCUT2D eigenvalue weighted by Crippen LogP contribution is -2.42. The summed E-state index contributed by atoms with van der Waals surface area (Å²) in [4.78, 5) is 15.5. The van der Waals surface area contributed by atoms with Crippen LogP contribution in [0.4, 0.5) is 0 Å². The minimum absolute atomic E-state index is 0.360. The highest BCUT2D eigenvalue weighted by Gasteiger charge is 2.47. The highest BCUT2D eigenvalue weighted by molar-refractivity contribution is 5.82. The number of fused-ring (bicyclic) bond motifs is 1. The Hall–Kier alpha value is -0.530. The number of likely N-dealkylation sites (tertiary alicyclic amines) is 1. The summed E-state index contributed by atoms with van der Waals surface area (Å²) in [6.07, 6.45) is 18.5. The van der Waals surface area contributed by atoms with Crippen LogP contribution in [-0.4, -0.2) is 22.9 Å². The predicted octanol–water partition coefficient (Wildman–Crippen LogP) is 5.31. The predicted molar refractivity (Wildman–Crippen MR) is 91.7 cm³/mol. The average Bonchev–Trinajstić information content (AvgIpc) is 2.77. The number of rotatable bonds is 1. The van der Waals surface area contributed by atoms with Crippen LogP contribution in [0.25, 0.3) is 0 Å². The van der Waals surface area contributed by atoms with Crippen molar-refractivity contribution in [1.82, 2.24) is 4.90 Å². The van der Waals surface area contributed by atoms with Crippen molar-refractivity contribution in [3.63, 3.8) is 0 Å². The van der Waals surface area contributed by atoms with Crippen molar-refractivity contribution in [1.29, 1.82) is 0 Å². The van der Waals surface area contributed by atoms with Gasteiger partial charge in [0.25, 0.3) is 0 Å². The summed E-state index contributed by atoms with van der Waals surface area (Å²) < 4.78 is 0. The van der Waals surface area contributed by atoms with Gasteiger partial charge in [-0.15, -0.1) is 0 Å². The molecule has 1 aliphatic heterocycles. The summed E-state index contributed by atoms with van der Waals surface area (Å²) in [7, 11) is 0. The first-order valence-corrected chi connectivity index (χ1v) is 10.1. The summed E-state index contributed by atoms with van der Waals surface area (Å²) >= 11 is 0. The van der Waals surface area contributed by atoms with Gasteiger partial charge >= 0.3 is 0 Å². The summed E-state index contributed by atoms with van der Waals surface area (Å²) in [5.41, 5.74) is 0. The molecular formula is C20H35NO. The van der Waals surface area contributed by atoms with E-state index in [-0.39, 0.29) is 0 Å². The van der Waals surface area contributed by atoms with Crippen molar-refractivity contribution in [3.8, 4) is 0 Å². The molecule has 3 aliphatic rings. The Balaban J connectivity index is 1.72. The maximum absolute atomic E-state index is 13.2. The second-order valence-electron chi connectivity index (χ2n) is 8.10. The van der Waals surface area contributed by atoms with Gasteiger partial charge in [0, 0.05) is 18.0 Å². The molecule has 3 unspecified atom stereocenters. The van der Waals surface area contributed by atoms with Gasteiger partial charge in [-0.3, -0.25) is 4.79 Å². The molecule has 3 atom stereocenters. The van der Waals surface area contributed by atoms with Gasteiger partial charge in [0.2, 0.25) is 5.91 Å². The van der Waals surface area contributed by atoms with Crippen LogP contribution in [0.5, 0.6) is 0 Å².